The first-order valence-electron chi connectivity index (χ1n) is 6.69. The molecule has 0 bridgehead atoms. The highest BCUT2D eigenvalue weighted by atomic mass is 16.5. The molecule has 0 aliphatic rings. The van der Waals surface area contributed by atoms with Crippen LogP contribution in [0.25, 0.3) is 0 Å². The van der Waals surface area contributed by atoms with E-state index in [1.807, 2.05) is 13.0 Å². The van der Waals surface area contributed by atoms with Crippen LogP contribution in [0.15, 0.2) is 24.5 Å². The van der Waals surface area contributed by atoms with E-state index < -0.39 is 0 Å². The molecule has 2 aromatic rings. The molecule has 1 aromatic carbocycles. The number of nitrogens with two attached hydrogens (primary N) is 1. The lowest BCUT2D eigenvalue weighted by Crippen LogP contribution is -2.06. The zero-order valence-electron chi connectivity index (χ0n) is 12.1. The van der Waals surface area contributed by atoms with Crippen molar-refractivity contribution in [1.82, 2.24) is 9.97 Å². The number of nitrogens with zero attached hydrogens (tertiary/aromatic N) is 2. The van der Waals surface area contributed by atoms with Crippen molar-refractivity contribution in [3.63, 3.8) is 0 Å². The Balaban J connectivity index is 2.22. The second kappa shape index (κ2) is 6.23. The largest absolute Gasteiger partial charge is 0.476 e. The zero-order valence-corrected chi connectivity index (χ0v) is 12.1. The predicted octanol–water partition coefficient (Wildman–Crippen LogP) is 3.21. The predicted molar refractivity (Wildman–Crippen MR) is 81.4 cm³/mol. The lowest BCUT2D eigenvalue weighted by molar-refractivity contribution is 0.307. The normalized spacial score (nSPS) is 10.3. The molecular weight excluding hydrogens is 252 g/mol. The molecule has 3 N–H and O–H groups in total. The Bertz CT molecular complexity index is 598. The van der Waals surface area contributed by atoms with E-state index in [0.29, 0.717) is 24.0 Å². The number of benzene rings is 1. The number of hydrogen-bond donors (Lipinski definition) is 2. The van der Waals surface area contributed by atoms with Gasteiger partial charge in [-0.05, 0) is 43.5 Å². The van der Waals surface area contributed by atoms with E-state index in [4.69, 9.17) is 10.5 Å². The monoisotopic (exact) mass is 272 g/mol. The number of rotatable bonds is 5. The Hall–Kier alpha value is -2.30. The second-order valence-corrected chi connectivity index (χ2v) is 4.71. The van der Waals surface area contributed by atoms with Gasteiger partial charge in [-0.15, -0.1) is 0 Å². The number of hydrogen-bond acceptors (Lipinski definition) is 5. The molecule has 2 rings (SSSR count). The molecule has 0 fully saturated rings. The highest BCUT2D eigenvalue weighted by Gasteiger charge is 2.09. The van der Waals surface area contributed by atoms with Gasteiger partial charge in [-0.3, -0.25) is 0 Å². The van der Waals surface area contributed by atoms with Crippen LogP contribution >= 0.6 is 0 Å². The molecule has 5 nitrogen and oxygen atoms in total. The van der Waals surface area contributed by atoms with E-state index in [-0.39, 0.29) is 0 Å². The van der Waals surface area contributed by atoms with Crippen LogP contribution in [-0.4, -0.2) is 16.6 Å². The summed E-state index contributed by atoms with van der Waals surface area (Å²) < 4.78 is 5.49. The molecule has 106 valence electrons. The van der Waals surface area contributed by atoms with Crippen molar-refractivity contribution in [2.24, 2.45) is 0 Å². The summed E-state index contributed by atoms with van der Waals surface area (Å²) in [5.41, 5.74) is 9.86. The van der Waals surface area contributed by atoms with E-state index in [0.717, 1.165) is 12.1 Å². The van der Waals surface area contributed by atoms with Gasteiger partial charge in [-0.1, -0.05) is 13.0 Å². The minimum atomic E-state index is 0.424. The van der Waals surface area contributed by atoms with E-state index in [1.165, 1.54) is 17.5 Å². The summed E-state index contributed by atoms with van der Waals surface area (Å²) in [4.78, 5) is 8.22. The van der Waals surface area contributed by atoms with E-state index in [1.54, 1.807) is 0 Å². The molecule has 0 unspecified atom stereocenters. The van der Waals surface area contributed by atoms with Gasteiger partial charge in [0.15, 0.2) is 5.82 Å². The number of ether oxygens (including phenoxy) is 1. The molecule has 0 atom stereocenters. The average molecular weight is 272 g/mol. The van der Waals surface area contributed by atoms with Crippen LogP contribution in [0.5, 0.6) is 5.88 Å². The van der Waals surface area contributed by atoms with E-state index in [9.17, 15) is 0 Å². The molecule has 0 spiro atoms. The van der Waals surface area contributed by atoms with Crippen LogP contribution in [0.4, 0.5) is 17.2 Å². The van der Waals surface area contributed by atoms with Crippen molar-refractivity contribution >= 4 is 17.2 Å². The van der Waals surface area contributed by atoms with Gasteiger partial charge in [0.05, 0.1) is 6.61 Å². The van der Waals surface area contributed by atoms with Crippen molar-refractivity contribution in [2.75, 3.05) is 17.7 Å². The van der Waals surface area contributed by atoms with Crippen molar-refractivity contribution in [3.8, 4) is 5.88 Å². The summed E-state index contributed by atoms with van der Waals surface area (Å²) in [7, 11) is 0. The average Bonchev–Trinajstić information content (AvgIpc) is 2.44. The zero-order chi connectivity index (χ0) is 14.5. The van der Waals surface area contributed by atoms with Gasteiger partial charge in [0.1, 0.15) is 12.0 Å². The molecule has 20 heavy (non-hydrogen) atoms. The Morgan fingerprint density at radius 3 is 2.70 bits per heavy atom. The molecule has 0 aliphatic heterocycles. The second-order valence-electron chi connectivity index (χ2n) is 4.71. The van der Waals surface area contributed by atoms with E-state index in [2.05, 4.69) is 41.3 Å². The Morgan fingerprint density at radius 2 is 2.00 bits per heavy atom. The maximum absolute atomic E-state index is 6.03. The lowest BCUT2D eigenvalue weighted by Gasteiger charge is -2.12. The number of aromatic nitrogens is 2. The third kappa shape index (κ3) is 3.17. The SMILES string of the molecule is CCCOc1ncnc(Nc2ccc(C)c(C)c2)c1N. The Kier molecular flexibility index (Phi) is 4.40. The number of anilines is 3. The molecular formula is C15H20N4O. The summed E-state index contributed by atoms with van der Waals surface area (Å²) in [6.45, 7) is 6.77. The van der Waals surface area contributed by atoms with Gasteiger partial charge < -0.3 is 15.8 Å². The Labute approximate surface area is 119 Å². The smallest absolute Gasteiger partial charge is 0.242 e. The summed E-state index contributed by atoms with van der Waals surface area (Å²) in [5.74, 6) is 0.988. The maximum Gasteiger partial charge on any atom is 0.242 e. The van der Waals surface area contributed by atoms with E-state index >= 15 is 0 Å². The number of aryl methyl sites for hydroxylation is 2. The summed E-state index contributed by atoms with van der Waals surface area (Å²) >= 11 is 0. The fraction of sp³-hybridized carbons (Fsp3) is 0.333. The summed E-state index contributed by atoms with van der Waals surface area (Å²) in [6, 6.07) is 6.11. The van der Waals surface area contributed by atoms with Gasteiger partial charge in [0.25, 0.3) is 0 Å². The fourth-order valence-electron chi connectivity index (χ4n) is 1.75. The molecule has 0 saturated heterocycles. The third-order valence-electron chi connectivity index (χ3n) is 3.06. The van der Waals surface area contributed by atoms with Crippen molar-refractivity contribution in [2.45, 2.75) is 27.2 Å². The number of nitrogens with one attached hydrogen (secondary N) is 1. The first-order chi connectivity index (χ1) is 9.61. The molecule has 1 heterocycles. The molecule has 0 aliphatic carbocycles. The van der Waals surface area contributed by atoms with Crippen molar-refractivity contribution < 1.29 is 4.74 Å². The van der Waals surface area contributed by atoms with Gasteiger partial charge in [-0.25, -0.2) is 4.98 Å². The number of nitrogen functional groups attached to an aromatic ring is 1. The lowest BCUT2D eigenvalue weighted by atomic mass is 10.1. The van der Waals surface area contributed by atoms with Crippen LogP contribution in [0, 0.1) is 13.8 Å². The first-order valence-corrected chi connectivity index (χ1v) is 6.69. The molecule has 0 amide bonds. The molecule has 0 saturated carbocycles. The molecule has 1 aromatic heterocycles. The maximum atomic E-state index is 6.03. The highest BCUT2D eigenvalue weighted by molar-refractivity contribution is 5.72. The molecule has 5 heteroatoms. The minimum Gasteiger partial charge on any atom is -0.476 e. The van der Waals surface area contributed by atoms with Gasteiger partial charge >= 0.3 is 0 Å². The van der Waals surface area contributed by atoms with Gasteiger partial charge in [0.2, 0.25) is 5.88 Å². The van der Waals surface area contributed by atoms with Crippen LogP contribution < -0.4 is 15.8 Å². The summed E-state index contributed by atoms with van der Waals surface area (Å²) in [5, 5.41) is 3.20. The van der Waals surface area contributed by atoms with Gasteiger partial charge in [-0.2, -0.15) is 4.98 Å². The highest BCUT2D eigenvalue weighted by Crippen LogP contribution is 2.28. The molecule has 0 radical (unpaired) electrons. The van der Waals surface area contributed by atoms with Crippen molar-refractivity contribution in [3.05, 3.63) is 35.7 Å². The first kappa shape index (κ1) is 14.1. The third-order valence-corrected chi connectivity index (χ3v) is 3.06. The van der Waals surface area contributed by atoms with Crippen LogP contribution in [0.1, 0.15) is 24.5 Å². The minimum absolute atomic E-state index is 0.424. The van der Waals surface area contributed by atoms with Crippen molar-refractivity contribution in [1.29, 1.82) is 0 Å². The topological polar surface area (TPSA) is 73.1 Å². The van der Waals surface area contributed by atoms with Crippen LogP contribution in [0.3, 0.4) is 0 Å². The van der Waals surface area contributed by atoms with Crippen LogP contribution in [0.2, 0.25) is 0 Å². The summed E-state index contributed by atoms with van der Waals surface area (Å²) in [6.07, 6.45) is 2.36. The van der Waals surface area contributed by atoms with Gasteiger partial charge in [0, 0.05) is 5.69 Å². The quantitative estimate of drug-likeness (QED) is 0.874. The Morgan fingerprint density at radius 1 is 1.20 bits per heavy atom. The van der Waals surface area contributed by atoms with Crippen LogP contribution in [-0.2, 0) is 0 Å². The standard InChI is InChI=1S/C15H20N4O/c1-4-7-20-15-13(16)14(17-9-18-15)19-12-6-5-10(2)11(3)8-12/h5-6,8-9H,4,7,16H2,1-3H3,(H,17,18,19). The fourth-order valence-corrected chi connectivity index (χ4v) is 1.75.